The summed E-state index contributed by atoms with van der Waals surface area (Å²) in [5.74, 6) is -1.10. The minimum Gasteiger partial charge on any atom is -0.462 e. The van der Waals surface area contributed by atoms with Crippen molar-refractivity contribution >= 4 is 11.9 Å². The fourth-order valence-electron chi connectivity index (χ4n) is 7.17. The molecule has 2 saturated heterocycles. The second-order valence-electron chi connectivity index (χ2n) is 17.6. The van der Waals surface area contributed by atoms with E-state index in [-0.39, 0.29) is 19.4 Å². The highest BCUT2D eigenvalue weighted by Gasteiger charge is 2.47. The van der Waals surface area contributed by atoms with Gasteiger partial charge in [0.2, 0.25) is 0 Å². The van der Waals surface area contributed by atoms with Crippen molar-refractivity contribution in [1.29, 1.82) is 0 Å². The number of unbranched alkanes of at least 4 members (excludes halogenated alkanes) is 4. The lowest BCUT2D eigenvalue weighted by Gasteiger charge is -2.42. The predicted octanol–water partition coefficient (Wildman–Crippen LogP) is 7.71. The lowest BCUT2D eigenvalue weighted by molar-refractivity contribution is -0.332. The van der Waals surface area contributed by atoms with Crippen molar-refractivity contribution in [3.05, 3.63) is 122 Å². The minimum atomic E-state index is -1.79. The number of aliphatic hydroxyl groups is 7. The molecule has 0 aromatic heterocycles. The van der Waals surface area contributed by atoms with Gasteiger partial charge >= 0.3 is 11.9 Å². The molecule has 15 nitrogen and oxygen atoms in total. The molecular formula is C57H88O15. The zero-order chi connectivity index (χ0) is 52.4. The molecule has 0 aromatic carbocycles. The monoisotopic (exact) mass is 1010 g/mol. The van der Waals surface area contributed by atoms with Crippen molar-refractivity contribution in [1.82, 2.24) is 0 Å². The Morgan fingerprint density at radius 1 is 0.458 bits per heavy atom. The van der Waals surface area contributed by atoms with Gasteiger partial charge in [-0.25, -0.2) is 0 Å². The number of ether oxygens (including phenoxy) is 6. The summed E-state index contributed by atoms with van der Waals surface area (Å²) in [6.07, 6.45) is 39.6. The maximum absolute atomic E-state index is 13.0. The lowest BCUT2D eigenvalue weighted by atomic mass is 9.98. The molecule has 0 spiro atoms. The number of allylic oxidation sites excluding steroid dienone is 20. The van der Waals surface area contributed by atoms with Gasteiger partial charge in [0.05, 0.1) is 19.8 Å². The van der Waals surface area contributed by atoms with E-state index < -0.39 is 99.3 Å². The second-order valence-corrected chi connectivity index (χ2v) is 17.6. The molecule has 15 heteroatoms. The maximum Gasteiger partial charge on any atom is 0.306 e. The molecule has 0 aromatic rings. The third-order valence-corrected chi connectivity index (χ3v) is 11.4. The van der Waals surface area contributed by atoms with Gasteiger partial charge < -0.3 is 64.2 Å². The van der Waals surface area contributed by atoms with Crippen LogP contribution in [0.2, 0.25) is 0 Å². The van der Waals surface area contributed by atoms with Crippen LogP contribution < -0.4 is 0 Å². The number of hydrogen-bond acceptors (Lipinski definition) is 15. The van der Waals surface area contributed by atoms with Gasteiger partial charge in [-0.3, -0.25) is 9.59 Å². The second kappa shape index (κ2) is 42.3. The predicted molar refractivity (Wildman–Crippen MR) is 279 cm³/mol. The number of hydrogen-bond donors (Lipinski definition) is 7. The van der Waals surface area contributed by atoms with Crippen LogP contribution in [0.15, 0.2) is 122 Å². The smallest absolute Gasteiger partial charge is 0.306 e. The summed E-state index contributed by atoms with van der Waals surface area (Å²) in [6.45, 7) is 2.28. The molecule has 11 atom stereocenters. The van der Waals surface area contributed by atoms with Crippen LogP contribution in [0.4, 0.5) is 0 Å². The van der Waals surface area contributed by atoms with E-state index in [2.05, 4.69) is 111 Å². The van der Waals surface area contributed by atoms with E-state index in [1.807, 2.05) is 24.3 Å². The lowest BCUT2D eigenvalue weighted by Crippen LogP contribution is -2.61. The van der Waals surface area contributed by atoms with Crippen LogP contribution in [-0.4, -0.2) is 142 Å². The van der Waals surface area contributed by atoms with Crippen LogP contribution in [0.1, 0.15) is 129 Å². The summed E-state index contributed by atoms with van der Waals surface area (Å²) in [5.41, 5.74) is 0. The standard InChI is InChI=1S/C57H88O15/c1-3-5-7-9-11-13-15-17-19-21-22-24-25-27-29-31-33-35-37-39-48(59)67-42-45(70-49(60)40-38-36-34-32-30-28-26-23-20-18-16-14-12-10-8-6-4-2)43-68-56-55(66)53(64)51(62)47(72-56)44-69-57-54(65)52(63)50(61)46(41-58)71-57/h5,7,11-14,17-20,22,24,26-29,32-35,45-47,50-58,61-66H,3-4,6,8-10,15-16,21,23,25,30-31,36-44H2,1-2H3/b7-5+,13-11+,14-12+,19-17+,20-18+,24-22+,28-26+,29-27+,34-32+,35-33+/t45-,46+,47+,50-,51-,52?,53?,54?,55?,56+,57+/m0/s1. The normalized spacial score (nSPS) is 26.0. The molecule has 2 rings (SSSR count). The molecule has 4 unspecified atom stereocenters. The van der Waals surface area contributed by atoms with Gasteiger partial charge in [0.25, 0.3) is 0 Å². The zero-order valence-corrected chi connectivity index (χ0v) is 42.9. The highest BCUT2D eigenvalue weighted by atomic mass is 16.7. The number of carbonyl (C=O) groups is 2. The van der Waals surface area contributed by atoms with E-state index in [0.29, 0.717) is 25.7 Å². The Morgan fingerprint density at radius 3 is 1.38 bits per heavy atom. The van der Waals surface area contributed by atoms with Crippen molar-refractivity contribution in [2.45, 2.75) is 197 Å². The Bertz CT molecular complexity index is 1710. The fraction of sp³-hybridized carbons (Fsp3) is 0.614. The highest BCUT2D eigenvalue weighted by Crippen LogP contribution is 2.26. The Labute approximate surface area is 429 Å². The molecule has 0 amide bonds. The van der Waals surface area contributed by atoms with E-state index >= 15 is 0 Å². The topological polar surface area (TPSA) is 231 Å². The van der Waals surface area contributed by atoms with Crippen molar-refractivity contribution in [2.24, 2.45) is 0 Å². The molecule has 2 aliphatic heterocycles. The number of carbonyl (C=O) groups excluding carboxylic acids is 2. The Balaban J connectivity index is 1.87. The molecule has 0 saturated carbocycles. The molecule has 2 heterocycles. The Morgan fingerprint density at radius 2 is 0.889 bits per heavy atom. The average molecular weight is 1010 g/mol. The summed E-state index contributed by atoms with van der Waals surface area (Å²) < 4.78 is 33.4. The summed E-state index contributed by atoms with van der Waals surface area (Å²) in [6, 6.07) is 0. The SMILES string of the molecule is CC/C=C/C/C=C/C/C=C/C/C=C/C/C=C/C/C=C/CCC(=O)OC[C@@H](CO[C@@H]1O[C@H](CO[C@@H]2O[C@H](CO)[C@H](O)C(O)C2O)[C@H](O)C(O)C1O)OC(=O)CCC/C=C/C/C=C/C/C=C/C/C=C/CCCCC. The quantitative estimate of drug-likeness (QED) is 0.0178. The summed E-state index contributed by atoms with van der Waals surface area (Å²) in [7, 11) is 0. The van der Waals surface area contributed by atoms with Gasteiger partial charge in [-0.15, -0.1) is 0 Å². The van der Waals surface area contributed by atoms with Crippen molar-refractivity contribution in [3.63, 3.8) is 0 Å². The third-order valence-electron chi connectivity index (χ3n) is 11.4. The molecule has 72 heavy (non-hydrogen) atoms. The van der Waals surface area contributed by atoms with Gasteiger partial charge in [0, 0.05) is 12.8 Å². The van der Waals surface area contributed by atoms with Crippen molar-refractivity contribution < 1.29 is 73.8 Å². The van der Waals surface area contributed by atoms with E-state index in [0.717, 1.165) is 57.8 Å². The Kier molecular flexibility index (Phi) is 37.6. The largest absolute Gasteiger partial charge is 0.462 e. The summed E-state index contributed by atoms with van der Waals surface area (Å²) in [4.78, 5) is 25.7. The van der Waals surface area contributed by atoms with Crippen molar-refractivity contribution in [2.75, 3.05) is 26.4 Å². The van der Waals surface area contributed by atoms with Crippen LogP contribution in [0.3, 0.4) is 0 Å². The number of esters is 2. The highest BCUT2D eigenvalue weighted by molar-refractivity contribution is 5.70. The summed E-state index contributed by atoms with van der Waals surface area (Å²) in [5, 5.41) is 72.1. The van der Waals surface area contributed by atoms with Gasteiger partial charge in [-0.05, 0) is 89.9 Å². The maximum atomic E-state index is 13.0. The number of aliphatic hydroxyl groups excluding tert-OH is 7. The van der Waals surface area contributed by atoms with Gasteiger partial charge in [0.1, 0.15) is 55.4 Å². The first-order chi connectivity index (χ1) is 35.0. The molecule has 0 aliphatic carbocycles. The van der Waals surface area contributed by atoms with Crippen LogP contribution >= 0.6 is 0 Å². The third kappa shape index (κ3) is 29.6. The molecule has 2 aliphatic rings. The van der Waals surface area contributed by atoms with E-state index in [1.54, 1.807) is 0 Å². The van der Waals surface area contributed by atoms with Crippen molar-refractivity contribution in [3.8, 4) is 0 Å². The molecular weight excluding hydrogens is 925 g/mol. The number of rotatable bonds is 38. The van der Waals surface area contributed by atoms with Gasteiger partial charge in [-0.1, -0.05) is 148 Å². The van der Waals surface area contributed by atoms with E-state index in [9.17, 15) is 45.3 Å². The average Bonchev–Trinajstić information content (AvgIpc) is 3.37. The van der Waals surface area contributed by atoms with E-state index in [4.69, 9.17) is 28.4 Å². The zero-order valence-electron chi connectivity index (χ0n) is 42.9. The summed E-state index contributed by atoms with van der Waals surface area (Å²) >= 11 is 0. The van der Waals surface area contributed by atoms with Gasteiger partial charge in [-0.2, -0.15) is 0 Å². The Hall–Kier alpha value is -4.10. The van der Waals surface area contributed by atoms with Gasteiger partial charge in [0.15, 0.2) is 18.7 Å². The molecule has 0 bridgehead atoms. The van der Waals surface area contributed by atoms with E-state index in [1.165, 1.54) is 19.3 Å². The first-order valence-electron chi connectivity index (χ1n) is 26.1. The molecule has 2 fully saturated rings. The molecule has 406 valence electrons. The molecule has 7 N–H and O–H groups in total. The first kappa shape index (κ1) is 64.0. The minimum absolute atomic E-state index is 0.0655. The van der Waals surface area contributed by atoms with Crippen LogP contribution in [0, 0.1) is 0 Å². The van der Waals surface area contributed by atoms with Crippen LogP contribution in [-0.2, 0) is 38.0 Å². The first-order valence-corrected chi connectivity index (χ1v) is 26.1. The van der Waals surface area contributed by atoms with Crippen LogP contribution in [0.25, 0.3) is 0 Å². The van der Waals surface area contributed by atoms with Crippen LogP contribution in [0.5, 0.6) is 0 Å². The molecule has 0 radical (unpaired) electrons. The fourth-order valence-corrected chi connectivity index (χ4v) is 7.17.